The van der Waals surface area contributed by atoms with Crippen LogP contribution in [0.5, 0.6) is 11.5 Å². The smallest absolute Gasteiger partial charge is 0.124 e. The Labute approximate surface area is 308 Å². The van der Waals surface area contributed by atoms with Gasteiger partial charge in [0.15, 0.2) is 0 Å². The largest absolute Gasteiger partial charge is 0.507 e. The number of benzene rings is 6. The summed E-state index contributed by atoms with van der Waals surface area (Å²) in [5.41, 5.74) is 12.8. The molecule has 4 nitrogen and oxygen atoms in total. The molecule has 8 rings (SSSR count). The van der Waals surface area contributed by atoms with Gasteiger partial charge in [-0.3, -0.25) is 9.80 Å². The highest BCUT2D eigenvalue weighted by Crippen LogP contribution is 2.55. The van der Waals surface area contributed by atoms with Crippen LogP contribution in [0.2, 0.25) is 0 Å². The lowest BCUT2D eigenvalue weighted by Gasteiger charge is -2.31. The fraction of sp³-hybridized carbons (Fsp3) is 0.250. The van der Waals surface area contributed by atoms with E-state index in [1.165, 1.54) is 44.5 Å². The molecule has 0 fully saturated rings. The fourth-order valence-corrected chi connectivity index (χ4v) is 9.19. The van der Waals surface area contributed by atoms with E-state index in [9.17, 15) is 10.2 Å². The van der Waals surface area contributed by atoms with E-state index in [-0.39, 0.29) is 0 Å². The molecule has 6 aromatic carbocycles. The Balaban J connectivity index is 1.02. The number of fused-ring (bicyclic) bond motifs is 6. The number of aromatic hydroxyl groups is 2. The summed E-state index contributed by atoms with van der Waals surface area (Å²) >= 11 is 0. The molecule has 2 aliphatic carbocycles. The maximum Gasteiger partial charge on any atom is 0.124 e. The summed E-state index contributed by atoms with van der Waals surface area (Å²) in [7, 11) is 0. The van der Waals surface area contributed by atoms with Crippen molar-refractivity contribution in [1.29, 1.82) is 0 Å². The van der Waals surface area contributed by atoms with Gasteiger partial charge in [0.25, 0.3) is 0 Å². The van der Waals surface area contributed by atoms with Gasteiger partial charge in [-0.2, -0.15) is 0 Å². The van der Waals surface area contributed by atoms with Crippen molar-refractivity contribution in [3.8, 4) is 33.8 Å². The van der Waals surface area contributed by atoms with E-state index < -0.39 is 10.8 Å². The first kappa shape index (κ1) is 34.0. The number of para-hydroxylation sites is 2. The van der Waals surface area contributed by atoms with Crippen LogP contribution in [0.15, 0.2) is 133 Å². The van der Waals surface area contributed by atoms with Crippen LogP contribution in [-0.4, -0.2) is 46.2 Å². The molecule has 0 radical (unpaired) electrons. The molecule has 0 aromatic heterocycles. The summed E-state index contributed by atoms with van der Waals surface area (Å²) in [6, 6.07) is 46.9. The first-order chi connectivity index (χ1) is 25.3. The highest BCUT2D eigenvalue weighted by molar-refractivity contribution is 5.85. The van der Waals surface area contributed by atoms with Crippen LogP contribution in [0, 0.1) is 0 Å². The zero-order chi connectivity index (χ0) is 36.0. The number of phenolic OH excluding ortho intramolecular Hbond substituents is 2. The van der Waals surface area contributed by atoms with Gasteiger partial charge >= 0.3 is 0 Å². The average molecular weight is 685 g/mol. The number of likely N-dealkylation sites (N-methyl/N-ethyl adjacent to an activating group) is 2. The number of hydrogen-bond donors (Lipinski definition) is 2. The molecule has 0 amide bonds. The van der Waals surface area contributed by atoms with Crippen molar-refractivity contribution in [2.45, 2.75) is 51.6 Å². The minimum atomic E-state index is -0.445. The van der Waals surface area contributed by atoms with Crippen LogP contribution in [0.25, 0.3) is 22.3 Å². The first-order valence-corrected chi connectivity index (χ1v) is 18.8. The van der Waals surface area contributed by atoms with Crippen molar-refractivity contribution in [3.63, 3.8) is 0 Å². The quantitative estimate of drug-likeness (QED) is 0.143. The van der Waals surface area contributed by atoms with Gasteiger partial charge in [0.1, 0.15) is 11.5 Å². The number of nitrogens with zero attached hydrogens (tertiary/aromatic N) is 2. The lowest BCUT2D eigenvalue weighted by molar-refractivity contribution is 0.202. The molecule has 0 unspecified atom stereocenters. The second-order valence-corrected chi connectivity index (χ2v) is 14.8. The Bertz CT molecular complexity index is 2020. The summed E-state index contributed by atoms with van der Waals surface area (Å²) in [5.74, 6) is 0.764. The van der Waals surface area contributed by atoms with Gasteiger partial charge in [0.05, 0.1) is 0 Å². The maximum absolute atomic E-state index is 12.0. The third-order valence-corrected chi connectivity index (χ3v) is 12.2. The molecule has 0 heterocycles. The van der Waals surface area contributed by atoms with Crippen LogP contribution in [0.3, 0.4) is 0 Å². The Kier molecular flexibility index (Phi) is 8.77. The second kappa shape index (κ2) is 13.4. The van der Waals surface area contributed by atoms with Crippen LogP contribution in [-0.2, 0) is 23.9 Å². The number of phenols is 2. The highest BCUT2D eigenvalue weighted by atomic mass is 16.3. The molecule has 2 aliphatic rings. The van der Waals surface area contributed by atoms with E-state index in [4.69, 9.17) is 0 Å². The van der Waals surface area contributed by atoms with Gasteiger partial charge in [0, 0.05) is 59.3 Å². The van der Waals surface area contributed by atoms with Gasteiger partial charge in [-0.05, 0) is 71.4 Å². The summed E-state index contributed by atoms with van der Waals surface area (Å²) in [4.78, 5) is 4.81. The van der Waals surface area contributed by atoms with Gasteiger partial charge in [0.2, 0.25) is 0 Å². The molecule has 0 aliphatic heterocycles. The zero-order valence-electron chi connectivity index (χ0n) is 30.7. The van der Waals surface area contributed by atoms with Crippen molar-refractivity contribution in [1.82, 2.24) is 9.80 Å². The normalized spacial score (nSPS) is 14.7. The van der Waals surface area contributed by atoms with E-state index in [0.717, 1.165) is 48.4 Å². The standard InChI is InChI=1S/C48H48N2O2/c1-5-49(31-33-17-15-27-43(45(33)51)47(3)39-23-11-7-19-35(39)36-20-8-12-24-40(36)47)29-30-50(6-2)32-34-18-16-28-44(46(34)52)48(4)41-25-13-9-21-37(41)38-22-10-14-26-42(38)48/h7-28,51-52H,5-6,29-32H2,1-4H3. The zero-order valence-corrected chi connectivity index (χ0v) is 30.7. The third-order valence-electron chi connectivity index (χ3n) is 12.2. The Morgan fingerprint density at radius 2 is 0.692 bits per heavy atom. The van der Waals surface area contributed by atoms with E-state index in [0.29, 0.717) is 24.6 Å². The van der Waals surface area contributed by atoms with E-state index >= 15 is 0 Å². The van der Waals surface area contributed by atoms with Gasteiger partial charge < -0.3 is 10.2 Å². The van der Waals surface area contributed by atoms with Crippen LogP contribution >= 0.6 is 0 Å². The van der Waals surface area contributed by atoms with Crippen molar-refractivity contribution in [3.05, 3.63) is 178 Å². The summed E-state index contributed by atoms with van der Waals surface area (Å²) < 4.78 is 0. The molecule has 0 bridgehead atoms. The number of hydrogen-bond acceptors (Lipinski definition) is 4. The third kappa shape index (κ3) is 5.27. The lowest BCUT2D eigenvalue weighted by Crippen LogP contribution is -2.35. The van der Waals surface area contributed by atoms with Crippen molar-refractivity contribution in [2.24, 2.45) is 0 Å². The topological polar surface area (TPSA) is 46.9 Å². The van der Waals surface area contributed by atoms with Gasteiger partial charge in [-0.25, -0.2) is 0 Å². The monoisotopic (exact) mass is 684 g/mol. The van der Waals surface area contributed by atoms with Gasteiger partial charge in [-0.15, -0.1) is 0 Å². The predicted octanol–water partition coefficient (Wildman–Crippen LogP) is 10.1. The molecule has 0 spiro atoms. The molecule has 2 N–H and O–H groups in total. The second-order valence-electron chi connectivity index (χ2n) is 14.8. The fourth-order valence-electron chi connectivity index (χ4n) is 9.19. The molecular formula is C48H48N2O2. The first-order valence-electron chi connectivity index (χ1n) is 18.8. The Hall–Kier alpha value is -5.16. The van der Waals surface area contributed by atoms with Crippen molar-refractivity contribution >= 4 is 0 Å². The van der Waals surface area contributed by atoms with Crippen molar-refractivity contribution in [2.75, 3.05) is 26.2 Å². The number of rotatable bonds is 11. The minimum Gasteiger partial charge on any atom is -0.507 e. The average Bonchev–Trinajstić information content (AvgIpc) is 3.60. The molecule has 0 atom stereocenters. The minimum absolute atomic E-state index is 0.382. The highest BCUT2D eigenvalue weighted by Gasteiger charge is 2.43. The molecule has 52 heavy (non-hydrogen) atoms. The summed E-state index contributed by atoms with van der Waals surface area (Å²) in [5, 5.41) is 23.9. The van der Waals surface area contributed by atoms with E-state index in [2.05, 4.69) is 171 Å². The molecule has 6 aromatic rings. The van der Waals surface area contributed by atoms with Crippen LogP contribution < -0.4 is 0 Å². The molecule has 4 heteroatoms. The SMILES string of the molecule is CCN(CCN(CC)Cc1cccc(C2(C)c3ccccc3-c3ccccc32)c1O)Cc1cccc(C2(C)c3ccccc3-c3ccccc32)c1O. The Morgan fingerprint density at radius 1 is 0.404 bits per heavy atom. The summed E-state index contributed by atoms with van der Waals surface area (Å²) in [6.45, 7) is 13.6. The Morgan fingerprint density at radius 3 is 1.00 bits per heavy atom. The van der Waals surface area contributed by atoms with Crippen LogP contribution in [0.1, 0.15) is 72.2 Å². The molecular weight excluding hydrogens is 637 g/mol. The van der Waals surface area contributed by atoms with Crippen LogP contribution in [0.4, 0.5) is 0 Å². The van der Waals surface area contributed by atoms with E-state index in [1.54, 1.807) is 0 Å². The van der Waals surface area contributed by atoms with Gasteiger partial charge in [-0.1, -0.05) is 147 Å². The molecule has 262 valence electrons. The summed E-state index contributed by atoms with van der Waals surface area (Å²) in [6.07, 6.45) is 0. The lowest BCUT2D eigenvalue weighted by atomic mass is 9.73. The molecule has 0 saturated heterocycles. The van der Waals surface area contributed by atoms with Crippen molar-refractivity contribution < 1.29 is 10.2 Å². The maximum atomic E-state index is 12.0. The molecule has 0 saturated carbocycles. The van der Waals surface area contributed by atoms with E-state index in [1.807, 2.05) is 0 Å². The predicted molar refractivity (Wildman–Crippen MR) is 213 cm³/mol.